The monoisotopic (exact) mass is 257 g/mol. The standard InChI is InChI=1S/C9H15N5O2S/c10-14-9-3-8(12-6-13-9)11-4-7-1-2-17(15,16)5-7/h3,6-7H,1-2,4-5,10H2,(H2,11,12,13,14). The van der Waals surface area contributed by atoms with Crippen LogP contribution in [-0.2, 0) is 9.84 Å². The Kier molecular flexibility index (Phi) is 3.43. The Bertz CT molecular complexity index is 490. The minimum absolute atomic E-state index is 0.157. The predicted octanol–water partition coefficient (Wildman–Crippen LogP) is -0.391. The first-order valence-corrected chi connectivity index (χ1v) is 7.14. The Labute approximate surface area is 99.7 Å². The van der Waals surface area contributed by atoms with Crippen molar-refractivity contribution in [3.05, 3.63) is 12.4 Å². The quantitative estimate of drug-likeness (QED) is 0.497. The lowest BCUT2D eigenvalue weighted by Gasteiger charge is -2.10. The molecule has 1 aliphatic heterocycles. The van der Waals surface area contributed by atoms with Gasteiger partial charge in [0, 0.05) is 12.6 Å². The van der Waals surface area contributed by atoms with Crippen LogP contribution >= 0.6 is 0 Å². The van der Waals surface area contributed by atoms with Gasteiger partial charge in [-0.1, -0.05) is 0 Å². The Morgan fingerprint density at radius 1 is 1.41 bits per heavy atom. The van der Waals surface area contributed by atoms with Crippen molar-refractivity contribution in [2.45, 2.75) is 6.42 Å². The molecule has 1 fully saturated rings. The number of hydrogen-bond acceptors (Lipinski definition) is 7. The summed E-state index contributed by atoms with van der Waals surface area (Å²) in [7, 11) is -2.82. The van der Waals surface area contributed by atoms with Gasteiger partial charge in [-0.15, -0.1) is 0 Å². The first-order chi connectivity index (χ1) is 8.09. The number of anilines is 2. The molecule has 0 radical (unpaired) electrons. The van der Waals surface area contributed by atoms with Crippen molar-refractivity contribution in [2.24, 2.45) is 11.8 Å². The highest BCUT2D eigenvalue weighted by Gasteiger charge is 2.27. The third kappa shape index (κ3) is 3.27. The largest absolute Gasteiger partial charge is 0.370 e. The number of nitrogen functional groups attached to an aromatic ring is 1. The van der Waals surface area contributed by atoms with Crippen molar-refractivity contribution >= 4 is 21.5 Å². The lowest BCUT2D eigenvalue weighted by atomic mass is 10.1. The summed E-state index contributed by atoms with van der Waals surface area (Å²) >= 11 is 0. The van der Waals surface area contributed by atoms with Crippen molar-refractivity contribution in [3.63, 3.8) is 0 Å². The molecule has 0 bridgehead atoms. The maximum atomic E-state index is 11.3. The summed E-state index contributed by atoms with van der Waals surface area (Å²) in [4.78, 5) is 7.90. The van der Waals surface area contributed by atoms with Crippen LogP contribution in [0.25, 0.3) is 0 Å². The van der Waals surface area contributed by atoms with E-state index in [0.717, 1.165) is 0 Å². The van der Waals surface area contributed by atoms with E-state index in [1.807, 2.05) is 0 Å². The van der Waals surface area contributed by atoms with Crippen molar-refractivity contribution in [2.75, 3.05) is 28.8 Å². The smallest absolute Gasteiger partial charge is 0.150 e. The average molecular weight is 257 g/mol. The third-order valence-electron chi connectivity index (χ3n) is 2.71. The Balaban J connectivity index is 1.90. The van der Waals surface area contributed by atoms with Gasteiger partial charge in [-0.25, -0.2) is 24.2 Å². The minimum atomic E-state index is -2.82. The zero-order chi connectivity index (χ0) is 12.3. The van der Waals surface area contributed by atoms with E-state index in [-0.39, 0.29) is 11.7 Å². The Morgan fingerprint density at radius 3 is 2.82 bits per heavy atom. The molecule has 94 valence electrons. The van der Waals surface area contributed by atoms with E-state index in [0.29, 0.717) is 30.4 Å². The van der Waals surface area contributed by atoms with Gasteiger partial charge in [0.15, 0.2) is 9.84 Å². The van der Waals surface area contributed by atoms with Crippen molar-refractivity contribution in [1.29, 1.82) is 0 Å². The number of nitrogens with one attached hydrogen (secondary N) is 2. The molecule has 0 aliphatic carbocycles. The van der Waals surface area contributed by atoms with Crippen molar-refractivity contribution in [3.8, 4) is 0 Å². The van der Waals surface area contributed by atoms with E-state index < -0.39 is 9.84 Å². The summed E-state index contributed by atoms with van der Waals surface area (Å²) < 4.78 is 22.5. The van der Waals surface area contributed by atoms with Gasteiger partial charge >= 0.3 is 0 Å². The van der Waals surface area contributed by atoms with Crippen LogP contribution in [0.3, 0.4) is 0 Å². The highest BCUT2D eigenvalue weighted by molar-refractivity contribution is 7.91. The second kappa shape index (κ2) is 4.84. The molecule has 17 heavy (non-hydrogen) atoms. The number of sulfone groups is 1. The van der Waals surface area contributed by atoms with Crippen LogP contribution in [0.1, 0.15) is 6.42 Å². The van der Waals surface area contributed by atoms with Gasteiger partial charge < -0.3 is 10.7 Å². The first-order valence-electron chi connectivity index (χ1n) is 5.32. The number of rotatable bonds is 4. The van der Waals surface area contributed by atoms with Gasteiger partial charge in [0.05, 0.1) is 11.5 Å². The van der Waals surface area contributed by atoms with Crippen LogP contribution < -0.4 is 16.6 Å². The molecular formula is C9H15N5O2S. The fourth-order valence-corrected chi connectivity index (χ4v) is 3.68. The van der Waals surface area contributed by atoms with Gasteiger partial charge in [-0.2, -0.15) is 0 Å². The third-order valence-corrected chi connectivity index (χ3v) is 4.55. The second-order valence-electron chi connectivity index (χ2n) is 4.08. The van der Waals surface area contributed by atoms with Crippen LogP contribution in [-0.4, -0.2) is 36.4 Å². The van der Waals surface area contributed by atoms with Crippen LogP contribution in [0.2, 0.25) is 0 Å². The topological polar surface area (TPSA) is 110 Å². The molecular weight excluding hydrogens is 242 g/mol. The number of nitrogens with zero attached hydrogens (tertiary/aromatic N) is 2. The molecule has 0 aromatic carbocycles. The Morgan fingerprint density at radius 2 is 2.18 bits per heavy atom. The lowest BCUT2D eigenvalue weighted by Crippen LogP contribution is -2.17. The normalized spacial score (nSPS) is 22.3. The molecule has 7 nitrogen and oxygen atoms in total. The van der Waals surface area contributed by atoms with Crippen LogP contribution in [0.15, 0.2) is 12.4 Å². The van der Waals surface area contributed by atoms with Gasteiger partial charge in [0.25, 0.3) is 0 Å². The number of nitrogens with two attached hydrogens (primary N) is 1. The molecule has 0 spiro atoms. The maximum absolute atomic E-state index is 11.3. The van der Waals surface area contributed by atoms with Crippen LogP contribution in [0.5, 0.6) is 0 Å². The molecule has 0 saturated carbocycles. The molecule has 4 N–H and O–H groups in total. The zero-order valence-electron chi connectivity index (χ0n) is 9.26. The summed E-state index contributed by atoms with van der Waals surface area (Å²) in [5.74, 6) is 7.08. The Hall–Kier alpha value is -1.41. The van der Waals surface area contributed by atoms with E-state index in [2.05, 4.69) is 20.7 Å². The molecule has 2 heterocycles. The minimum Gasteiger partial charge on any atom is -0.370 e. The fourth-order valence-electron chi connectivity index (χ4n) is 1.81. The first kappa shape index (κ1) is 12.1. The van der Waals surface area contributed by atoms with Crippen LogP contribution in [0, 0.1) is 5.92 Å². The average Bonchev–Trinajstić information content (AvgIpc) is 2.67. The molecule has 8 heteroatoms. The van der Waals surface area contributed by atoms with Crippen LogP contribution in [0.4, 0.5) is 11.6 Å². The zero-order valence-corrected chi connectivity index (χ0v) is 10.1. The highest BCUT2D eigenvalue weighted by atomic mass is 32.2. The molecule has 1 saturated heterocycles. The molecule has 1 atom stereocenters. The molecule has 2 rings (SSSR count). The number of aromatic nitrogens is 2. The molecule has 1 aromatic heterocycles. The summed E-state index contributed by atoms with van der Waals surface area (Å²) in [6.07, 6.45) is 2.10. The second-order valence-corrected chi connectivity index (χ2v) is 6.31. The van der Waals surface area contributed by atoms with Gasteiger partial charge in [0.2, 0.25) is 0 Å². The van der Waals surface area contributed by atoms with Crippen molar-refractivity contribution < 1.29 is 8.42 Å². The van der Waals surface area contributed by atoms with Gasteiger partial charge in [0.1, 0.15) is 18.0 Å². The molecule has 1 aliphatic rings. The van der Waals surface area contributed by atoms with Crippen molar-refractivity contribution in [1.82, 2.24) is 9.97 Å². The summed E-state index contributed by atoms with van der Waals surface area (Å²) in [5.41, 5.74) is 2.42. The van der Waals surface area contributed by atoms with Gasteiger partial charge in [-0.3, -0.25) is 0 Å². The SMILES string of the molecule is NNc1cc(NCC2CCS(=O)(=O)C2)ncn1. The molecule has 1 unspecified atom stereocenters. The molecule has 0 amide bonds. The van der Waals surface area contributed by atoms with Gasteiger partial charge in [-0.05, 0) is 12.3 Å². The highest BCUT2D eigenvalue weighted by Crippen LogP contribution is 2.19. The fraction of sp³-hybridized carbons (Fsp3) is 0.556. The van der Waals surface area contributed by atoms with E-state index in [1.54, 1.807) is 6.07 Å². The predicted molar refractivity (Wildman–Crippen MR) is 65.1 cm³/mol. The van der Waals surface area contributed by atoms with E-state index in [4.69, 9.17) is 5.84 Å². The number of hydrogen-bond donors (Lipinski definition) is 3. The summed E-state index contributed by atoms with van der Waals surface area (Å²) in [5, 5.41) is 3.09. The molecule has 1 aromatic rings. The lowest BCUT2D eigenvalue weighted by molar-refractivity contribution is 0.595. The summed E-state index contributed by atoms with van der Waals surface area (Å²) in [6, 6.07) is 1.67. The maximum Gasteiger partial charge on any atom is 0.150 e. The number of hydrazine groups is 1. The van der Waals surface area contributed by atoms with E-state index in [9.17, 15) is 8.42 Å². The van der Waals surface area contributed by atoms with E-state index >= 15 is 0 Å². The summed E-state index contributed by atoms with van der Waals surface area (Å²) in [6.45, 7) is 0.597. The van der Waals surface area contributed by atoms with E-state index in [1.165, 1.54) is 6.33 Å².